The predicted molar refractivity (Wildman–Crippen MR) is 119 cm³/mol. The van der Waals surface area contributed by atoms with Crippen LogP contribution >= 0.6 is 12.2 Å². The summed E-state index contributed by atoms with van der Waals surface area (Å²) in [5, 5.41) is 9.00. The number of nitrogens with one attached hydrogen (secondary N) is 1. The summed E-state index contributed by atoms with van der Waals surface area (Å²) in [5.41, 5.74) is 4.09. The maximum atomic E-state index is 11.6. The Balaban J connectivity index is 1.84. The monoisotopic (exact) mass is 426 g/mol. The van der Waals surface area contributed by atoms with Crippen molar-refractivity contribution in [2.45, 2.75) is 24.9 Å². The summed E-state index contributed by atoms with van der Waals surface area (Å²) in [4.78, 5) is 6.00. The van der Waals surface area contributed by atoms with Crippen molar-refractivity contribution in [1.29, 1.82) is 0 Å². The third kappa shape index (κ3) is 5.83. The first-order chi connectivity index (χ1) is 13.8. The Kier molecular flexibility index (Phi) is 6.58. The molecule has 0 saturated carbocycles. The lowest BCUT2D eigenvalue weighted by molar-refractivity contribution is 0.598. The maximum Gasteiger partial charge on any atom is 0.238 e. The standard InChI is InChI=1S/C21H22N4O2S2/c1-16-2-4-18(5-3-16)15-25(19-6-8-20(9-7-19)29(22,26)27)21(28)24-14-17-10-12-23-13-11-17/h2-13H,14-15H2,1H3,(H,24,28)(H2,22,26,27). The second-order valence-electron chi connectivity index (χ2n) is 6.62. The molecule has 0 amide bonds. The van der Waals surface area contributed by atoms with Crippen molar-refractivity contribution in [2.24, 2.45) is 5.14 Å². The lowest BCUT2D eigenvalue weighted by atomic mass is 10.1. The summed E-state index contributed by atoms with van der Waals surface area (Å²) in [6.45, 7) is 3.13. The Morgan fingerprint density at radius 2 is 1.62 bits per heavy atom. The Labute approximate surface area is 176 Å². The third-order valence-electron chi connectivity index (χ3n) is 4.38. The van der Waals surface area contributed by atoms with E-state index in [0.29, 0.717) is 18.2 Å². The molecule has 0 fully saturated rings. The maximum absolute atomic E-state index is 11.6. The molecule has 0 bridgehead atoms. The van der Waals surface area contributed by atoms with Crippen molar-refractivity contribution in [3.05, 3.63) is 89.7 Å². The molecule has 2 aromatic carbocycles. The first-order valence-electron chi connectivity index (χ1n) is 8.95. The minimum Gasteiger partial charge on any atom is -0.358 e. The molecule has 0 atom stereocenters. The fourth-order valence-electron chi connectivity index (χ4n) is 2.75. The van der Waals surface area contributed by atoms with Gasteiger partial charge >= 0.3 is 0 Å². The average Bonchev–Trinajstić information content (AvgIpc) is 2.72. The molecule has 0 unspecified atom stereocenters. The first-order valence-corrected chi connectivity index (χ1v) is 10.9. The van der Waals surface area contributed by atoms with Gasteiger partial charge in [-0.1, -0.05) is 29.8 Å². The third-order valence-corrected chi connectivity index (χ3v) is 5.67. The van der Waals surface area contributed by atoms with Crippen LogP contribution in [0.2, 0.25) is 0 Å². The molecule has 29 heavy (non-hydrogen) atoms. The average molecular weight is 427 g/mol. The molecule has 8 heteroatoms. The van der Waals surface area contributed by atoms with Gasteiger partial charge in [0, 0.05) is 24.6 Å². The van der Waals surface area contributed by atoms with Gasteiger partial charge in [-0.25, -0.2) is 13.6 Å². The summed E-state index contributed by atoms with van der Waals surface area (Å²) in [5.74, 6) is 0. The van der Waals surface area contributed by atoms with Crippen LogP contribution in [-0.2, 0) is 23.1 Å². The van der Waals surface area contributed by atoms with Gasteiger partial charge in [0.05, 0.1) is 11.4 Å². The molecule has 0 aliphatic heterocycles. The number of pyridine rings is 1. The Hall–Kier alpha value is -2.81. The van der Waals surface area contributed by atoms with E-state index in [1.54, 1.807) is 24.5 Å². The fraction of sp³-hybridized carbons (Fsp3) is 0.143. The van der Waals surface area contributed by atoms with Crippen molar-refractivity contribution in [2.75, 3.05) is 4.90 Å². The van der Waals surface area contributed by atoms with E-state index in [9.17, 15) is 8.42 Å². The number of sulfonamides is 1. The molecule has 0 aliphatic carbocycles. The van der Waals surface area contributed by atoms with E-state index < -0.39 is 10.0 Å². The number of aromatic nitrogens is 1. The second kappa shape index (κ2) is 9.13. The van der Waals surface area contributed by atoms with E-state index in [1.165, 1.54) is 17.7 Å². The van der Waals surface area contributed by atoms with Crippen molar-refractivity contribution < 1.29 is 8.42 Å². The van der Waals surface area contributed by atoms with E-state index in [-0.39, 0.29) is 4.90 Å². The van der Waals surface area contributed by atoms with Crippen molar-refractivity contribution in [3.63, 3.8) is 0 Å². The number of hydrogen-bond acceptors (Lipinski definition) is 4. The van der Waals surface area contributed by atoms with Crippen molar-refractivity contribution >= 4 is 33.0 Å². The van der Waals surface area contributed by atoms with E-state index in [2.05, 4.69) is 10.3 Å². The van der Waals surface area contributed by atoms with Crippen LogP contribution in [0.5, 0.6) is 0 Å². The normalized spacial score (nSPS) is 11.1. The SMILES string of the molecule is Cc1ccc(CN(C(=S)NCc2ccncc2)c2ccc(S(N)(=O)=O)cc2)cc1. The van der Waals surface area contributed by atoms with E-state index >= 15 is 0 Å². The van der Waals surface area contributed by atoms with Gasteiger partial charge < -0.3 is 10.2 Å². The molecule has 1 heterocycles. The van der Waals surface area contributed by atoms with Crippen molar-refractivity contribution in [1.82, 2.24) is 10.3 Å². The van der Waals surface area contributed by atoms with E-state index in [1.807, 2.05) is 48.2 Å². The molecule has 3 aromatic rings. The summed E-state index contributed by atoms with van der Waals surface area (Å²) >= 11 is 5.64. The van der Waals surface area contributed by atoms with Crippen molar-refractivity contribution in [3.8, 4) is 0 Å². The molecule has 0 radical (unpaired) electrons. The molecule has 6 nitrogen and oxygen atoms in total. The van der Waals surface area contributed by atoms with Crippen LogP contribution in [0.4, 0.5) is 5.69 Å². The van der Waals surface area contributed by atoms with Gasteiger partial charge in [0.25, 0.3) is 0 Å². The molecule has 1 aromatic heterocycles. The Morgan fingerprint density at radius 3 is 2.21 bits per heavy atom. The number of hydrogen-bond donors (Lipinski definition) is 2. The minimum absolute atomic E-state index is 0.0622. The summed E-state index contributed by atoms with van der Waals surface area (Å²) < 4.78 is 23.1. The number of aryl methyl sites for hydroxylation is 1. The van der Waals surface area contributed by atoms with Crippen LogP contribution in [0.25, 0.3) is 0 Å². The van der Waals surface area contributed by atoms with Gasteiger partial charge in [-0.2, -0.15) is 0 Å². The lowest BCUT2D eigenvalue weighted by Crippen LogP contribution is -2.39. The summed E-state index contributed by atoms with van der Waals surface area (Å²) in [7, 11) is -3.75. The molecule has 0 aliphatic rings. The number of anilines is 1. The highest BCUT2D eigenvalue weighted by molar-refractivity contribution is 7.89. The predicted octanol–water partition coefficient (Wildman–Crippen LogP) is 3.12. The molecule has 0 saturated heterocycles. The fourth-order valence-corrected chi connectivity index (χ4v) is 3.50. The zero-order chi connectivity index (χ0) is 20.9. The largest absolute Gasteiger partial charge is 0.358 e. The summed E-state index contributed by atoms with van der Waals surface area (Å²) in [6.07, 6.45) is 3.46. The van der Waals surface area contributed by atoms with Gasteiger partial charge in [0.2, 0.25) is 10.0 Å². The first kappa shape index (κ1) is 20.9. The van der Waals surface area contributed by atoms with Crippen LogP contribution in [0.3, 0.4) is 0 Å². The molecule has 0 spiro atoms. The van der Waals surface area contributed by atoms with Gasteiger partial charge in [-0.05, 0) is 66.7 Å². The van der Waals surface area contributed by atoms with Crippen LogP contribution in [0.15, 0.2) is 78.0 Å². The number of rotatable bonds is 6. The highest BCUT2D eigenvalue weighted by Gasteiger charge is 2.15. The molecule has 3 N–H and O–H groups in total. The highest BCUT2D eigenvalue weighted by Crippen LogP contribution is 2.20. The Bertz CT molecular complexity index is 1070. The van der Waals surface area contributed by atoms with E-state index in [0.717, 1.165) is 16.8 Å². The topological polar surface area (TPSA) is 88.3 Å². The number of primary sulfonamides is 1. The van der Waals surface area contributed by atoms with Crippen LogP contribution in [-0.4, -0.2) is 18.5 Å². The zero-order valence-electron chi connectivity index (χ0n) is 15.9. The second-order valence-corrected chi connectivity index (χ2v) is 8.57. The molecular weight excluding hydrogens is 404 g/mol. The van der Waals surface area contributed by atoms with E-state index in [4.69, 9.17) is 17.4 Å². The molecule has 3 rings (SSSR count). The Morgan fingerprint density at radius 1 is 1.00 bits per heavy atom. The number of benzene rings is 2. The molecule has 150 valence electrons. The quantitative estimate of drug-likeness (QED) is 0.589. The smallest absolute Gasteiger partial charge is 0.238 e. The van der Waals surface area contributed by atoms with Crippen LogP contribution in [0.1, 0.15) is 16.7 Å². The van der Waals surface area contributed by atoms with Gasteiger partial charge in [0.1, 0.15) is 0 Å². The van der Waals surface area contributed by atoms with Gasteiger partial charge in [-0.3, -0.25) is 4.98 Å². The molecular formula is C21H22N4O2S2. The summed E-state index contributed by atoms with van der Waals surface area (Å²) in [6, 6.07) is 18.4. The van der Waals surface area contributed by atoms with Crippen LogP contribution < -0.4 is 15.4 Å². The van der Waals surface area contributed by atoms with Gasteiger partial charge in [0.15, 0.2) is 5.11 Å². The number of thiocarbonyl (C=S) groups is 1. The zero-order valence-corrected chi connectivity index (χ0v) is 17.6. The highest BCUT2D eigenvalue weighted by atomic mass is 32.2. The lowest BCUT2D eigenvalue weighted by Gasteiger charge is -2.26. The van der Waals surface area contributed by atoms with Crippen LogP contribution in [0, 0.1) is 6.92 Å². The number of nitrogens with two attached hydrogens (primary N) is 1. The van der Waals surface area contributed by atoms with Gasteiger partial charge in [-0.15, -0.1) is 0 Å². The minimum atomic E-state index is -3.75. The number of nitrogens with zero attached hydrogens (tertiary/aromatic N) is 2.